The molecule has 3 aromatic rings. The zero-order valence-corrected chi connectivity index (χ0v) is 15.8. The highest BCUT2D eigenvalue weighted by atomic mass is 16.2. The molecule has 1 amide bonds. The fraction of sp³-hybridized carbons (Fsp3) is 0.364. The van der Waals surface area contributed by atoms with Gasteiger partial charge >= 0.3 is 0 Å². The molecule has 2 bridgehead atoms. The van der Waals surface area contributed by atoms with Gasteiger partial charge in [-0.2, -0.15) is 0 Å². The molecule has 136 valence electrons. The Hall–Kier alpha value is -2.82. The number of carbonyl (C=O) groups is 1. The lowest BCUT2D eigenvalue weighted by Gasteiger charge is -2.39. The number of anilines is 1. The summed E-state index contributed by atoms with van der Waals surface area (Å²) >= 11 is 0. The van der Waals surface area contributed by atoms with Gasteiger partial charge in [-0.25, -0.2) is 9.97 Å². The van der Waals surface area contributed by atoms with E-state index in [0.717, 1.165) is 41.0 Å². The van der Waals surface area contributed by atoms with E-state index in [1.165, 1.54) is 0 Å². The minimum atomic E-state index is -0.683. The van der Waals surface area contributed by atoms with E-state index in [1.807, 2.05) is 36.4 Å². The van der Waals surface area contributed by atoms with Crippen LogP contribution in [0.5, 0.6) is 0 Å². The number of aromatic nitrogens is 3. The number of pyridine rings is 1. The van der Waals surface area contributed by atoms with Crippen LogP contribution in [0.3, 0.4) is 0 Å². The van der Waals surface area contributed by atoms with Gasteiger partial charge in [-0.3, -0.25) is 9.78 Å². The first-order valence-electron chi connectivity index (χ1n) is 9.39. The van der Waals surface area contributed by atoms with Crippen LogP contribution >= 0.6 is 0 Å². The molecular formula is C22H22N4O. The van der Waals surface area contributed by atoms with Crippen LogP contribution in [0.25, 0.3) is 11.0 Å². The average Bonchev–Trinajstić information content (AvgIpc) is 2.97. The second-order valence-electron chi connectivity index (χ2n) is 8.46. The van der Waals surface area contributed by atoms with E-state index in [-0.39, 0.29) is 16.7 Å². The highest BCUT2D eigenvalue weighted by Crippen LogP contribution is 2.70. The average molecular weight is 358 g/mol. The molecular weight excluding hydrogens is 336 g/mol. The number of hydrogen-bond donors (Lipinski definition) is 1. The van der Waals surface area contributed by atoms with Gasteiger partial charge in [-0.05, 0) is 42.5 Å². The lowest BCUT2D eigenvalue weighted by Crippen LogP contribution is -2.48. The fourth-order valence-corrected chi connectivity index (χ4v) is 5.22. The van der Waals surface area contributed by atoms with Crippen molar-refractivity contribution < 1.29 is 4.79 Å². The van der Waals surface area contributed by atoms with Crippen LogP contribution in [0.2, 0.25) is 0 Å². The predicted molar refractivity (Wildman–Crippen MR) is 104 cm³/mol. The van der Waals surface area contributed by atoms with Gasteiger partial charge in [0.1, 0.15) is 0 Å². The van der Waals surface area contributed by atoms with E-state index in [2.05, 4.69) is 31.1 Å². The third-order valence-electron chi connectivity index (χ3n) is 7.27. The van der Waals surface area contributed by atoms with Crippen molar-refractivity contribution in [3.63, 3.8) is 0 Å². The van der Waals surface area contributed by atoms with E-state index < -0.39 is 5.41 Å². The van der Waals surface area contributed by atoms with Crippen LogP contribution in [0, 0.1) is 5.41 Å². The molecule has 2 aliphatic rings. The summed E-state index contributed by atoms with van der Waals surface area (Å²) in [6, 6.07) is 11.5. The van der Waals surface area contributed by atoms with Gasteiger partial charge in [-0.1, -0.05) is 32.9 Å². The highest BCUT2D eigenvalue weighted by molar-refractivity contribution is 6.01. The topological polar surface area (TPSA) is 67.8 Å². The van der Waals surface area contributed by atoms with Crippen molar-refractivity contribution in [2.75, 3.05) is 5.32 Å². The van der Waals surface area contributed by atoms with Gasteiger partial charge in [0.25, 0.3) is 0 Å². The molecule has 0 saturated heterocycles. The summed E-state index contributed by atoms with van der Waals surface area (Å²) in [4.78, 5) is 27.6. The Balaban J connectivity index is 1.72. The van der Waals surface area contributed by atoms with Crippen molar-refractivity contribution in [1.82, 2.24) is 15.0 Å². The number of nitrogens with one attached hydrogen (secondary N) is 1. The molecule has 2 atom stereocenters. The minimum Gasteiger partial charge on any atom is -0.325 e. The number of amides is 1. The van der Waals surface area contributed by atoms with E-state index in [9.17, 15) is 4.79 Å². The third kappa shape index (κ3) is 1.84. The van der Waals surface area contributed by atoms with Gasteiger partial charge in [-0.15, -0.1) is 0 Å². The van der Waals surface area contributed by atoms with Crippen molar-refractivity contribution in [2.24, 2.45) is 5.41 Å². The van der Waals surface area contributed by atoms with E-state index in [0.29, 0.717) is 0 Å². The zero-order chi connectivity index (χ0) is 18.9. The van der Waals surface area contributed by atoms with Crippen molar-refractivity contribution in [1.29, 1.82) is 0 Å². The maximum Gasteiger partial charge on any atom is 0.237 e. The molecule has 27 heavy (non-hydrogen) atoms. The van der Waals surface area contributed by atoms with Gasteiger partial charge in [0, 0.05) is 23.5 Å². The van der Waals surface area contributed by atoms with Crippen molar-refractivity contribution in [3.8, 4) is 0 Å². The molecule has 5 heteroatoms. The standard InChI is InChI=1S/C22H22N4O/c1-20(2)21(3)10-11-22(20,19(27)24-14-8-12-23-13-9-14)18-17(21)25-15-6-4-5-7-16(15)26-18/h4-9,12-13H,10-11H2,1-3H3,(H,23,24,27)/t21-,22-/m1/s1. The van der Waals surface area contributed by atoms with Crippen LogP contribution < -0.4 is 5.32 Å². The Bertz CT molecular complexity index is 1080. The molecule has 0 radical (unpaired) electrons. The first-order chi connectivity index (χ1) is 12.9. The number of hydrogen-bond acceptors (Lipinski definition) is 4. The molecule has 1 N–H and O–H groups in total. The Morgan fingerprint density at radius 1 is 0.926 bits per heavy atom. The van der Waals surface area contributed by atoms with Gasteiger partial charge in [0.05, 0.1) is 27.8 Å². The van der Waals surface area contributed by atoms with Gasteiger partial charge < -0.3 is 5.32 Å². The number of benzene rings is 1. The maximum absolute atomic E-state index is 13.7. The molecule has 0 aliphatic heterocycles. The first-order valence-corrected chi connectivity index (χ1v) is 9.39. The van der Waals surface area contributed by atoms with E-state index in [4.69, 9.17) is 9.97 Å². The molecule has 2 heterocycles. The van der Waals surface area contributed by atoms with E-state index in [1.54, 1.807) is 12.4 Å². The summed E-state index contributed by atoms with van der Waals surface area (Å²) in [5.41, 5.74) is 3.21. The Labute approximate surface area is 158 Å². The van der Waals surface area contributed by atoms with E-state index >= 15 is 0 Å². The molecule has 0 spiro atoms. The molecule has 2 aliphatic carbocycles. The minimum absolute atomic E-state index is 0.00533. The van der Waals surface area contributed by atoms with Crippen molar-refractivity contribution in [2.45, 2.75) is 44.4 Å². The van der Waals surface area contributed by atoms with Crippen LogP contribution in [-0.2, 0) is 15.6 Å². The second kappa shape index (κ2) is 5.12. The second-order valence-corrected chi connectivity index (χ2v) is 8.46. The lowest BCUT2D eigenvalue weighted by atomic mass is 9.63. The lowest BCUT2D eigenvalue weighted by molar-refractivity contribution is -0.125. The molecule has 1 saturated carbocycles. The predicted octanol–water partition coefficient (Wildman–Crippen LogP) is 3.99. The number of para-hydroxylation sites is 2. The van der Waals surface area contributed by atoms with Gasteiger partial charge in [0.15, 0.2) is 0 Å². The molecule has 2 aromatic heterocycles. The van der Waals surface area contributed by atoms with Gasteiger partial charge in [0.2, 0.25) is 5.91 Å². The van der Waals surface area contributed by atoms with Crippen LogP contribution in [0.1, 0.15) is 45.0 Å². The number of fused-ring (bicyclic) bond motifs is 6. The van der Waals surface area contributed by atoms with Crippen LogP contribution in [0.15, 0.2) is 48.8 Å². The smallest absolute Gasteiger partial charge is 0.237 e. The largest absolute Gasteiger partial charge is 0.325 e. The van der Waals surface area contributed by atoms with Crippen molar-refractivity contribution in [3.05, 3.63) is 60.2 Å². The Morgan fingerprint density at radius 3 is 2.22 bits per heavy atom. The highest BCUT2D eigenvalue weighted by Gasteiger charge is 2.73. The summed E-state index contributed by atoms with van der Waals surface area (Å²) in [6.07, 6.45) is 5.09. The summed E-state index contributed by atoms with van der Waals surface area (Å²) in [5, 5.41) is 3.12. The monoisotopic (exact) mass is 358 g/mol. The number of carbonyl (C=O) groups excluding carboxylic acids is 1. The summed E-state index contributed by atoms with van der Waals surface area (Å²) < 4.78 is 0. The zero-order valence-electron chi connectivity index (χ0n) is 15.8. The quantitative estimate of drug-likeness (QED) is 0.752. The van der Waals surface area contributed by atoms with Crippen molar-refractivity contribution >= 4 is 22.6 Å². The SMILES string of the molecule is CC1(C)[C@]2(C(=O)Nc3ccncc3)CC[C@]1(C)c1nc3ccccc3nc12. The Kier molecular flexibility index (Phi) is 3.10. The number of nitrogens with zero attached hydrogens (tertiary/aromatic N) is 3. The normalized spacial score (nSPS) is 27.5. The summed E-state index contributed by atoms with van der Waals surface area (Å²) in [7, 11) is 0. The molecule has 1 fully saturated rings. The molecule has 0 unspecified atom stereocenters. The Morgan fingerprint density at radius 2 is 1.56 bits per heavy atom. The third-order valence-corrected chi connectivity index (χ3v) is 7.27. The summed E-state index contributed by atoms with van der Waals surface area (Å²) in [5.74, 6) is 0.00533. The van der Waals surface area contributed by atoms with Crippen LogP contribution in [0.4, 0.5) is 5.69 Å². The number of rotatable bonds is 2. The molecule has 5 nitrogen and oxygen atoms in total. The molecule has 1 aromatic carbocycles. The first kappa shape index (κ1) is 16.4. The summed E-state index contributed by atoms with van der Waals surface area (Å²) in [6.45, 7) is 6.63. The fourth-order valence-electron chi connectivity index (χ4n) is 5.22. The molecule has 5 rings (SSSR count). The maximum atomic E-state index is 13.7. The van der Waals surface area contributed by atoms with Crippen LogP contribution in [-0.4, -0.2) is 20.9 Å².